The number of nitrogens with zero attached hydrogens (tertiary/aromatic N) is 2. The molecule has 0 fully saturated rings. The van der Waals surface area contributed by atoms with E-state index in [-0.39, 0.29) is 22.2 Å². The lowest BCUT2D eigenvalue weighted by Gasteiger charge is -2.13. The minimum Gasteiger partial charge on any atom is -0.395 e. The van der Waals surface area contributed by atoms with Gasteiger partial charge in [-0.05, 0) is 23.8 Å². The average Bonchev–Trinajstić information content (AvgIpc) is 2.81. The maximum Gasteiger partial charge on any atom is 0.433 e. The lowest BCUT2D eigenvalue weighted by molar-refractivity contribution is -0.141. The van der Waals surface area contributed by atoms with E-state index < -0.39 is 23.6 Å². The molecule has 5 nitrogen and oxygen atoms in total. The van der Waals surface area contributed by atoms with Gasteiger partial charge in [-0.3, -0.25) is 5.10 Å². The Morgan fingerprint density at radius 2 is 1.82 bits per heavy atom. The number of hydrogen-bond donors (Lipinski definition) is 3. The van der Waals surface area contributed by atoms with Gasteiger partial charge in [0, 0.05) is 5.56 Å². The van der Waals surface area contributed by atoms with Crippen molar-refractivity contribution in [2.75, 3.05) is 11.5 Å². The first-order valence-electron chi connectivity index (χ1n) is 6.04. The molecule has 3 aromatic rings. The molecule has 0 amide bonds. The number of pyridine rings is 1. The molecule has 0 atom stereocenters. The number of nitrogen functional groups attached to an aromatic ring is 2. The van der Waals surface area contributed by atoms with Crippen LogP contribution in [0.4, 0.5) is 29.1 Å². The molecule has 0 aliphatic heterocycles. The summed E-state index contributed by atoms with van der Waals surface area (Å²) in [6.07, 6.45) is -4.67. The fourth-order valence-electron chi connectivity index (χ4n) is 2.11. The summed E-state index contributed by atoms with van der Waals surface area (Å²) in [6, 6.07) is 5.11. The topological polar surface area (TPSA) is 93.6 Å². The van der Waals surface area contributed by atoms with E-state index in [0.29, 0.717) is 5.52 Å². The van der Waals surface area contributed by atoms with Crippen molar-refractivity contribution in [1.82, 2.24) is 15.2 Å². The Morgan fingerprint density at radius 1 is 1.09 bits per heavy atom. The summed E-state index contributed by atoms with van der Waals surface area (Å²) < 4.78 is 52.0. The zero-order valence-corrected chi connectivity index (χ0v) is 10.9. The van der Waals surface area contributed by atoms with E-state index in [1.807, 2.05) is 0 Å². The quantitative estimate of drug-likeness (QED) is 0.602. The molecule has 1 aromatic carbocycles. The molecule has 0 saturated heterocycles. The van der Waals surface area contributed by atoms with Crippen molar-refractivity contribution in [2.45, 2.75) is 6.18 Å². The number of nitrogens with two attached hydrogens (primary N) is 2. The standard InChI is InChI=1S/C13H9F4N5/c14-11-7-3-5(1-2-8(7)21-22-11)6-4-9(13(15,16)17)20-12(19)10(6)18/h1-4H,18H2,(H2,19,20)(H,21,22). The van der Waals surface area contributed by atoms with Crippen molar-refractivity contribution >= 4 is 22.4 Å². The van der Waals surface area contributed by atoms with E-state index >= 15 is 0 Å². The summed E-state index contributed by atoms with van der Waals surface area (Å²) >= 11 is 0. The molecule has 9 heteroatoms. The molecule has 2 aromatic heterocycles. The highest BCUT2D eigenvalue weighted by atomic mass is 19.4. The number of rotatable bonds is 1. The minimum atomic E-state index is -4.67. The van der Waals surface area contributed by atoms with E-state index in [1.165, 1.54) is 18.2 Å². The number of nitrogens with one attached hydrogen (secondary N) is 1. The van der Waals surface area contributed by atoms with Gasteiger partial charge in [0.15, 0.2) is 0 Å². The van der Waals surface area contributed by atoms with Crippen LogP contribution in [0.1, 0.15) is 5.69 Å². The number of halogens is 4. The smallest absolute Gasteiger partial charge is 0.395 e. The summed E-state index contributed by atoms with van der Waals surface area (Å²) in [5.74, 6) is -1.19. The fourth-order valence-corrected chi connectivity index (χ4v) is 2.11. The Bertz CT molecular complexity index is 869. The highest BCUT2D eigenvalue weighted by molar-refractivity contribution is 5.89. The van der Waals surface area contributed by atoms with Crippen LogP contribution in [-0.2, 0) is 6.18 Å². The van der Waals surface area contributed by atoms with Gasteiger partial charge in [0.05, 0.1) is 16.6 Å². The van der Waals surface area contributed by atoms with Crippen molar-refractivity contribution in [1.29, 1.82) is 0 Å². The first-order valence-corrected chi connectivity index (χ1v) is 6.04. The predicted octanol–water partition coefficient (Wildman–Crippen LogP) is 2.95. The lowest BCUT2D eigenvalue weighted by Crippen LogP contribution is -2.11. The van der Waals surface area contributed by atoms with Gasteiger partial charge in [0.25, 0.3) is 0 Å². The fraction of sp³-hybridized carbons (Fsp3) is 0.0769. The third-order valence-electron chi connectivity index (χ3n) is 3.21. The van der Waals surface area contributed by atoms with Gasteiger partial charge < -0.3 is 11.5 Å². The van der Waals surface area contributed by atoms with Crippen molar-refractivity contribution in [3.8, 4) is 11.1 Å². The van der Waals surface area contributed by atoms with Gasteiger partial charge in [-0.25, -0.2) is 4.98 Å². The van der Waals surface area contributed by atoms with Gasteiger partial charge in [-0.1, -0.05) is 6.07 Å². The highest BCUT2D eigenvalue weighted by Crippen LogP contribution is 2.37. The molecule has 5 N–H and O–H groups in total. The molecular formula is C13H9F4N5. The maximum atomic E-state index is 13.5. The molecule has 0 bridgehead atoms. The van der Waals surface area contributed by atoms with Gasteiger partial charge in [-0.2, -0.15) is 17.6 Å². The number of H-pyrrole nitrogens is 1. The maximum absolute atomic E-state index is 13.5. The summed E-state index contributed by atoms with van der Waals surface area (Å²) in [6.45, 7) is 0. The second kappa shape index (κ2) is 4.58. The van der Waals surface area contributed by atoms with Crippen LogP contribution < -0.4 is 11.5 Å². The van der Waals surface area contributed by atoms with Gasteiger partial charge in [0.1, 0.15) is 11.5 Å². The first-order chi connectivity index (χ1) is 10.3. The molecule has 114 valence electrons. The Balaban J connectivity index is 2.24. The molecule has 0 aliphatic carbocycles. The first kappa shape index (κ1) is 14.1. The molecule has 2 heterocycles. The number of aromatic nitrogens is 3. The van der Waals surface area contributed by atoms with E-state index in [0.717, 1.165) is 6.07 Å². The second-order valence-electron chi connectivity index (χ2n) is 4.63. The van der Waals surface area contributed by atoms with Crippen molar-refractivity contribution < 1.29 is 17.6 Å². The molecule has 0 spiro atoms. The Morgan fingerprint density at radius 3 is 2.50 bits per heavy atom. The number of aromatic amines is 1. The SMILES string of the molecule is Nc1nc(C(F)(F)F)cc(-c2ccc3[nH]nc(F)c3c2)c1N. The van der Waals surface area contributed by atoms with Crippen LogP contribution in [0.5, 0.6) is 0 Å². The molecule has 0 aliphatic rings. The Labute approximate surface area is 120 Å². The van der Waals surface area contributed by atoms with Crippen LogP contribution in [0.2, 0.25) is 0 Å². The zero-order chi connectivity index (χ0) is 16.1. The van der Waals surface area contributed by atoms with Crippen LogP contribution in [0, 0.1) is 5.95 Å². The van der Waals surface area contributed by atoms with Gasteiger partial charge in [0.2, 0.25) is 5.95 Å². The average molecular weight is 311 g/mol. The third-order valence-corrected chi connectivity index (χ3v) is 3.21. The van der Waals surface area contributed by atoms with Crippen LogP contribution in [-0.4, -0.2) is 15.2 Å². The lowest BCUT2D eigenvalue weighted by atomic mass is 10.0. The Kier molecular flexibility index (Phi) is 2.94. The molecular weight excluding hydrogens is 302 g/mol. The van der Waals surface area contributed by atoms with Gasteiger partial charge >= 0.3 is 6.18 Å². The van der Waals surface area contributed by atoms with E-state index in [4.69, 9.17) is 11.5 Å². The number of anilines is 2. The summed E-state index contributed by atoms with van der Waals surface area (Å²) in [7, 11) is 0. The monoisotopic (exact) mass is 311 g/mol. The number of benzene rings is 1. The van der Waals surface area contributed by atoms with Crippen LogP contribution in [0.25, 0.3) is 22.0 Å². The van der Waals surface area contributed by atoms with Crippen LogP contribution in [0.15, 0.2) is 24.3 Å². The summed E-state index contributed by atoms with van der Waals surface area (Å²) in [5.41, 5.74) is 10.6. The predicted molar refractivity (Wildman–Crippen MR) is 73.1 cm³/mol. The highest BCUT2D eigenvalue weighted by Gasteiger charge is 2.34. The number of hydrogen-bond acceptors (Lipinski definition) is 4. The molecule has 22 heavy (non-hydrogen) atoms. The van der Waals surface area contributed by atoms with Crippen LogP contribution in [0.3, 0.4) is 0 Å². The summed E-state index contributed by atoms with van der Waals surface area (Å²) in [4.78, 5) is 3.24. The van der Waals surface area contributed by atoms with E-state index in [2.05, 4.69) is 15.2 Å². The van der Waals surface area contributed by atoms with Gasteiger partial charge in [-0.15, -0.1) is 5.10 Å². The minimum absolute atomic E-state index is 0.0299. The summed E-state index contributed by atoms with van der Waals surface area (Å²) in [5, 5.41) is 5.98. The van der Waals surface area contributed by atoms with Crippen molar-refractivity contribution in [3.05, 3.63) is 35.9 Å². The van der Waals surface area contributed by atoms with Crippen LogP contribution >= 0.6 is 0 Å². The normalized spacial score (nSPS) is 12.0. The van der Waals surface area contributed by atoms with E-state index in [9.17, 15) is 17.6 Å². The zero-order valence-electron chi connectivity index (χ0n) is 10.9. The third kappa shape index (κ3) is 2.20. The van der Waals surface area contributed by atoms with Crippen molar-refractivity contribution in [2.24, 2.45) is 0 Å². The van der Waals surface area contributed by atoms with E-state index in [1.54, 1.807) is 0 Å². The Hall–Kier alpha value is -2.84. The second-order valence-corrected chi connectivity index (χ2v) is 4.63. The molecule has 0 radical (unpaired) electrons. The molecule has 0 unspecified atom stereocenters. The molecule has 0 saturated carbocycles. The largest absolute Gasteiger partial charge is 0.433 e. The molecule has 3 rings (SSSR count). The number of fused-ring (bicyclic) bond motifs is 1. The van der Waals surface area contributed by atoms with Crippen molar-refractivity contribution in [3.63, 3.8) is 0 Å². The number of alkyl halides is 3.